The molecule has 1 fully saturated rings. The maximum atomic E-state index is 4.76. The molecule has 24 heavy (non-hydrogen) atoms. The molecule has 0 spiro atoms. The van der Waals surface area contributed by atoms with Crippen molar-refractivity contribution >= 4 is 21.9 Å². The zero-order chi connectivity index (χ0) is 15.9. The SMILES string of the molecule is c1ccn2cc(CCc3nn4c(C5CCCC5)nnc4s3)nc2c1. The third-order valence-electron chi connectivity index (χ3n) is 4.79. The molecule has 122 valence electrons. The first-order chi connectivity index (χ1) is 11.9. The van der Waals surface area contributed by atoms with Crippen LogP contribution in [0.3, 0.4) is 0 Å². The van der Waals surface area contributed by atoms with Crippen molar-refractivity contribution in [1.82, 2.24) is 29.2 Å². The van der Waals surface area contributed by atoms with E-state index < -0.39 is 0 Å². The Kier molecular flexibility index (Phi) is 3.33. The van der Waals surface area contributed by atoms with Crippen LogP contribution >= 0.6 is 11.3 Å². The smallest absolute Gasteiger partial charge is 0.234 e. The number of pyridine rings is 1. The highest BCUT2D eigenvalue weighted by molar-refractivity contribution is 7.16. The van der Waals surface area contributed by atoms with E-state index in [1.165, 1.54) is 25.7 Å². The Morgan fingerprint density at radius 1 is 1.12 bits per heavy atom. The average Bonchev–Trinajstić information content (AvgIpc) is 3.34. The molecule has 1 aliphatic carbocycles. The highest BCUT2D eigenvalue weighted by Gasteiger charge is 2.24. The van der Waals surface area contributed by atoms with E-state index in [4.69, 9.17) is 5.10 Å². The number of aryl methyl sites for hydroxylation is 2. The lowest BCUT2D eigenvalue weighted by molar-refractivity contribution is 0.637. The Morgan fingerprint density at radius 3 is 2.92 bits per heavy atom. The van der Waals surface area contributed by atoms with Crippen molar-refractivity contribution in [2.24, 2.45) is 0 Å². The fourth-order valence-electron chi connectivity index (χ4n) is 3.55. The molecule has 0 atom stereocenters. The van der Waals surface area contributed by atoms with Crippen LogP contribution in [0.2, 0.25) is 0 Å². The van der Waals surface area contributed by atoms with Gasteiger partial charge in [0.2, 0.25) is 4.96 Å². The molecule has 0 N–H and O–H groups in total. The molecule has 0 aliphatic heterocycles. The predicted molar refractivity (Wildman–Crippen MR) is 92.5 cm³/mol. The summed E-state index contributed by atoms with van der Waals surface area (Å²) in [6, 6.07) is 6.06. The molecule has 4 heterocycles. The van der Waals surface area contributed by atoms with Gasteiger partial charge in [0.15, 0.2) is 5.82 Å². The molecule has 0 bridgehead atoms. The highest BCUT2D eigenvalue weighted by atomic mass is 32.1. The molecule has 7 heteroatoms. The first kappa shape index (κ1) is 14.1. The minimum Gasteiger partial charge on any atom is -0.307 e. The van der Waals surface area contributed by atoms with Crippen LogP contribution in [0.25, 0.3) is 10.6 Å². The van der Waals surface area contributed by atoms with Crippen molar-refractivity contribution in [1.29, 1.82) is 0 Å². The van der Waals surface area contributed by atoms with Crippen LogP contribution in [-0.2, 0) is 12.8 Å². The van der Waals surface area contributed by atoms with Crippen LogP contribution in [0.15, 0.2) is 30.6 Å². The van der Waals surface area contributed by atoms with Gasteiger partial charge in [0.1, 0.15) is 10.7 Å². The molecule has 4 aromatic heterocycles. The second-order valence-corrected chi connectivity index (χ2v) is 7.47. The topological polar surface area (TPSA) is 60.4 Å². The van der Waals surface area contributed by atoms with E-state index in [0.717, 1.165) is 40.0 Å². The monoisotopic (exact) mass is 338 g/mol. The standard InChI is InChI=1S/C17H18N6S/c1-2-6-12(5-1)16-19-20-17-23(16)21-15(24-17)9-8-13-11-22-10-4-3-7-14(22)18-13/h3-4,7,10-12H,1-2,5-6,8-9H2. The number of rotatable bonds is 4. The summed E-state index contributed by atoms with van der Waals surface area (Å²) in [4.78, 5) is 5.57. The Morgan fingerprint density at radius 2 is 2.04 bits per heavy atom. The summed E-state index contributed by atoms with van der Waals surface area (Å²) in [5.74, 6) is 1.59. The maximum absolute atomic E-state index is 4.76. The predicted octanol–water partition coefficient (Wildman–Crippen LogP) is 3.28. The lowest BCUT2D eigenvalue weighted by Crippen LogP contribution is -2.02. The molecule has 0 radical (unpaired) electrons. The molecule has 0 amide bonds. The van der Waals surface area contributed by atoms with Crippen molar-refractivity contribution in [3.63, 3.8) is 0 Å². The summed E-state index contributed by atoms with van der Waals surface area (Å²) < 4.78 is 4.03. The van der Waals surface area contributed by atoms with E-state index in [9.17, 15) is 0 Å². The largest absolute Gasteiger partial charge is 0.307 e. The van der Waals surface area contributed by atoms with Gasteiger partial charge < -0.3 is 4.40 Å². The zero-order valence-corrected chi connectivity index (χ0v) is 14.1. The number of hydrogen-bond donors (Lipinski definition) is 0. The van der Waals surface area contributed by atoms with Gasteiger partial charge >= 0.3 is 0 Å². The Balaban J connectivity index is 1.37. The van der Waals surface area contributed by atoms with Gasteiger partial charge in [0, 0.05) is 24.7 Å². The van der Waals surface area contributed by atoms with Crippen LogP contribution < -0.4 is 0 Å². The zero-order valence-electron chi connectivity index (χ0n) is 13.3. The number of nitrogens with zero attached hydrogens (tertiary/aromatic N) is 6. The van der Waals surface area contributed by atoms with Crippen LogP contribution in [0, 0.1) is 0 Å². The third kappa shape index (κ3) is 2.39. The third-order valence-corrected chi connectivity index (χ3v) is 5.74. The number of imidazole rings is 1. The van der Waals surface area contributed by atoms with Crippen LogP contribution in [0.5, 0.6) is 0 Å². The van der Waals surface area contributed by atoms with Gasteiger partial charge in [-0.05, 0) is 31.4 Å². The van der Waals surface area contributed by atoms with Gasteiger partial charge in [0.05, 0.1) is 5.69 Å². The van der Waals surface area contributed by atoms with Gasteiger partial charge in [-0.1, -0.05) is 30.2 Å². The van der Waals surface area contributed by atoms with E-state index in [-0.39, 0.29) is 0 Å². The lowest BCUT2D eigenvalue weighted by atomic mass is 10.1. The molecule has 0 saturated heterocycles. The quantitative estimate of drug-likeness (QED) is 0.573. The summed E-state index contributed by atoms with van der Waals surface area (Å²) in [5.41, 5.74) is 2.09. The van der Waals surface area contributed by atoms with E-state index in [1.807, 2.05) is 28.9 Å². The lowest BCUT2D eigenvalue weighted by Gasteiger charge is -2.03. The van der Waals surface area contributed by atoms with Crippen molar-refractivity contribution in [2.75, 3.05) is 0 Å². The Hall–Kier alpha value is -2.28. The van der Waals surface area contributed by atoms with Gasteiger partial charge in [-0.3, -0.25) is 0 Å². The Labute approximate surface area is 143 Å². The average molecular weight is 338 g/mol. The Bertz CT molecular complexity index is 958. The first-order valence-corrected chi connectivity index (χ1v) is 9.32. The molecular weight excluding hydrogens is 320 g/mol. The molecule has 0 unspecified atom stereocenters. The van der Waals surface area contributed by atoms with E-state index in [1.54, 1.807) is 11.3 Å². The van der Waals surface area contributed by atoms with Crippen molar-refractivity contribution in [2.45, 2.75) is 44.4 Å². The molecule has 4 aromatic rings. The summed E-state index contributed by atoms with van der Waals surface area (Å²) >= 11 is 1.65. The molecule has 1 saturated carbocycles. The van der Waals surface area contributed by atoms with Crippen molar-refractivity contribution in [3.05, 3.63) is 47.1 Å². The summed E-state index contributed by atoms with van der Waals surface area (Å²) in [6.07, 6.45) is 10.9. The fourth-order valence-corrected chi connectivity index (χ4v) is 4.39. The maximum Gasteiger partial charge on any atom is 0.234 e. The molecule has 1 aliphatic rings. The second kappa shape index (κ2) is 5.66. The molecule has 6 nitrogen and oxygen atoms in total. The van der Waals surface area contributed by atoms with Gasteiger partial charge in [0.25, 0.3) is 0 Å². The first-order valence-electron chi connectivity index (χ1n) is 8.50. The van der Waals surface area contributed by atoms with Crippen molar-refractivity contribution < 1.29 is 0 Å². The normalized spacial score (nSPS) is 15.8. The number of aromatic nitrogens is 6. The minimum atomic E-state index is 0.536. The van der Waals surface area contributed by atoms with Gasteiger partial charge in [-0.15, -0.1) is 10.2 Å². The van der Waals surface area contributed by atoms with Crippen LogP contribution in [-0.4, -0.2) is 29.2 Å². The van der Waals surface area contributed by atoms with Gasteiger partial charge in [-0.2, -0.15) is 9.61 Å². The fraction of sp³-hybridized carbons (Fsp3) is 0.412. The summed E-state index contributed by atoms with van der Waals surface area (Å²) in [7, 11) is 0. The molecule has 0 aromatic carbocycles. The van der Waals surface area contributed by atoms with E-state index >= 15 is 0 Å². The van der Waals surface area contributed by atoms with Crippen LogP contribution in [0.4, 0.5) is 0 Å². The highest BCUT2D eigenvalue weighted by Crippen LogP contribution is 2.33. The second-order valence-electron chi connectivity index (χ2n) is 6.43. The molecule has 5 rings (SSSR count). The van der Waals surface area contributed by atoms with E-state index in [0.29, 0.717) is 5.92 Å². The summed E-state index contributed by atoms with van der Waals surface area (Å²) in [5, 5.41) is 14.6. The van der Waals surface area contributed by atoms with Gasteiger partial charge in [-0.25, -0.2) is 4.98 Å². The van der Waals surface area contributed by atoms with E-state index in [2.05, 4.69) is 25.8 Å². The number of hydrogen-bond acceptors (Lipinski definition) is 5. The van der Waals surface area contributed by atoms with Crippen LogP contribution in [0.1, 0.15) is 48.1 Å². The van der Waals surface area contributed by atoms with Crippen molar-refractivity contribution in [3.8, 4) is 0 Å². The molecular formula is C17H18N6S. The number of fused-ring (bicyclic) bond motifs is 2. The minimum absolute atomic E-state index is 0.536. The summed E-state index contributed by atoms with van der Waals surface area (Å²) in [6.45, 7) is 0.